The molecule has 0 aliphatic carbocycles. The summed E-state index contributed by atoms with van der Waals surface area (Å²) in [5.41, 5.74) is 3.64. The van der Waals surface area contributed by atoms with Crippen LogP contribution >= 0.6 is 0 Å². The molecule has 38 heavy (non-hydrogen) atoms. The number of halogens is 1. The number of ether oxygens (including phenoxy) is 6. The molecule has 3 heterocycles. The largest absolute Gasteiger partial charge is 1.00 e. The van der Waals surface area contributed by atoms with E-state index in [2.05, 4.69) is 35.0 Å². The Kier molecular flexibility index (Phi) is 7.79. The molecule has 0 unspecified atom stereocenters. The highest BCUT2D eigenvalue weighted by atomic mass is 79.9. The van der Waals surface area contributed by atoms with Gasteiger partial charge in [0.2, 0.25) is 12.5 Å². The number of hydrogen-bond donors (Lipinski definition) is 0. The summed E-state index contributed by atoms with van der Waals surface area (Å²) in [5, 5.41) is 2.15. The fourth-order valence-corrected chi connectivity index (χ4v) is 4.95. The van der Waals surface area contributed by atoms with Gasteiger partial charge in [0.1, 0.15) is 11.5 Å². The summed E-state index contributed by atoms with van der Waals surface area (Å²) in [6.07, 6.45) is 4.87. The van der Waals surface area contributed by atoms with Gasteiger partial charge in [-0.3, -0.25) is 0 Å². The number of aromatic nitrogens is 1. The molecule has 0 N–H and O–H groups in total. The molecule has 2 aliphatic heterocycles. The molecule has 0 spiro atoms. The maximum atomic E-state index is 6.30. The van der Waals surface area contributed by atoms with Crippen LogP contribution in [0.15, 0.2) is 60.8 Å². The zero-order chi connectivity index (χ0) is 25.2. The van der Waals surface area contributed by atoms with Crippen molar-refractivity contribution in [3.63, 3.8) is 0 Å². The molecule has 198 valence electrons. The Balaban J connectivity index is 0.00000294. The Labute approximate surface area is 232 Å². The first-order chi connectivity index (χ1) is 18.2. The van der Waals surface area contributed by atoms with E-state index in [1.54, 1.807) is 14.2 Å². The number of benzene rings is 3. The molecule has 1 aromatic heterocycles. The molecular weight excluding hydrogens is 550 g/mol. The van der Waals surface area contributed by atoms with E-state index in [4.69, 9.17) is 28.4 Å². The molecule has 4 aromatic rings. The van der Waals surface area contributed by atoms with E-state index in [0.29, 0.717) is 13.2 Å². The Morgan fingerprint density at radius 2 is 1.55 bits per heavy atom. The zero-order valence-corrected chi connectivity index (χ0v) is 23.1. The minimum Gasteiger partial charge on any atom is -1.00 e. The maximum absolute atomic E-state index is 6.30. The van der Waals surface area contributed by atoms with Crippen molar-refractivity contribution in [1.82, 2.24) is 0 Å². The first-order valence-corrected chi connectivity index (χ1v) is 12.6. The predicted molar refractivity (Wildman–Crippen MR) is 139 cm³/mol. The van der Waals surface area contributed by atoms with E-state index in [-0.39, 0.29) is 23.8 Å². The SMILES string of the molecule is COc1ccc(OCCCCOc2c(OC)ccc3cc4[n+](cc23)CCc2cc3c(cc2-4)OCO3)cc1.[Br-]. The van der Waals surface area contributed by atoms with Crippen LogP contribution in [0.4, 0.5) is 0 Å². The van der Waals surface area contributed by atoms with Crippen LogP contribution in [-0.2, 0) is 13.0 Å². The van der Waals surface area contributed by atoms with Gasteiger partial charge >= 0.3 is 0 Å². The van der Waals surface area contributed by atoms with Crippen molar-refractivity contribution in [1.29, 1.82) is 0 Å². The lowest BCUT2D eigenvalue weighted by Crippen LogP contribution is -3.00. The average molecular weight is 580 g/mol. The molecular formula is C30H30BrNO6. The summed E-state index contributed by atoms with van der Waals surface area (Å²) in [6.45, 7) is 2.38. The number of aryl methyl sites for hydroxylation is 2. The number of nitrogens with zero attached hydrogens (tertiary/aromatic N) is 1. The van der Waals surface area contributed by atoms with Crippen molar-refractivity contribution >= 4 is 10.8 Å². The van der Waals surface area contributed by atoms with Crippen LogP contribution < -0.4 is 50.0 Å². The molecule has 0 amide bonds. The van der Waals surface area contributed by atoms with Gasteiger partial charge in [-0.25, -0.2) is 0 Å². The van der Waals surface area contributed by atoms with Crippen molar-refractivity contribution in [2.75, 3.05) is 34.2 Å². The highest BCUT2D eigenvalue weighted by Crippen LogP contribution is 2.41. The number of rotatable bonds is 9. The molecule has 0 atom stereocenters. The molecule has 8 heteroatoms. The van der Waals surface area contributed by atoms with E-state index in [9.17, 15) is 0 Å². The molecule has 3 aromatic carbocycles. The minimum absolute atomic E-state index is 0. The molecule has 2 aliphatic rings. The van der Waals surface area contributed by atoms with Gasteiger partial charge in [0.25, 0.3) is 0 Å². The van der Waals surface area contributed by atoms with Crippen molar-refractivity contribution in [3.05, 3.63) is 66.4 Å². The summed E-state index contributed by atoms with van der Waals surface area (Å²) >= 11 is 0. The van der Waals surface area contributed by atoms with Crippen molar-refractivity contribution in [3.8, 4) is 45.8 Å². The summed E-state index contributed by atoms with van der Waals surface area (Å²) in [6, 6.07) is 18.1. The quantitative estimate of drug-likeness (QED) is 0.224. The van der Waals surface area contributed by atoms with Crippen LogP contribution in [0.5, 0.6) is 34.5 Å². The third-order valence-electron chi connectivity index (χ3n) is 6.91. The first kappa shape index (κ1) is 26.0. The van der Waals surface area contributed by atoms with Crippen LogP contribution in [0.2, 0.25) is 0 Å². The van der Waals surface area contributed by atoms with Gasteiger partial charge in [-0.15, -0.1) is 0 Å². The molecule has 0 radical (unpaired) electrons. The predicted octanol–water partition coefficient (Wildman–Crippen LogP) is 2.34. The number of hydrogen-bond acceptors (Lipinski definition) is 6. The lowest BCUT2D eigenvalue weighted by atomic mass is 9.95. The van der Waals surface area contributed by atoms with Gasteiger partial charge in [0, 0.05) is 12.5 Å². The average Bonchev–Trinajstić information content (AvgIpc) is 3.40. The zero-order valence-electron chi connectivity index (χ0n) is 21.5. The van der Waals surface area contributed by atoms with E-state index in [1.165, 1.54) is 16.8 Å². The number of unbranched alkanes of at least 4 members (excludes halogenated alkanes) is 1. The van der Waals surface area contributed by atoms with Crippen molar-refractivity contribution in [2.24, 2.45) is 0 Å². The Morgan fingerprint density at radius 3 is 2.32 bits per heavy atom. The number of pyridine rings is 1. The summed E-state index contributed by atoms with van der Waals surface area (Å²) in [4.78, 5) is 0. The number of fused-ring (bicyclic) bond motifs is 5. The second-order valence-electron chi connectivity index (χ2n) is 9.14. The lowest BCUT2D eigenvalue weighted by molar-refractivity contribution is -0.686. The molecule has 0 saturated carbocycles. The minimum atomic E-state index is 0. The highest BCUT2D eigenvalue weighted by molar-refractivity contribution is 5.91. The Morgan fingerprint density at radius 1 is 0.816 bits per heavy atom. The summed E-state index contributed by atoms with van der Waals surface area (Å²) < 4.78 is 36.5. The van der Waals surface area contributed by atoms with Crippen molar-refractivity contribution < 1.29 is 50.0 Å². The summed E-state index contributed by atoms with van der Waals surface area (Å²) in [5.74, 6) is 4.82. The van der Waals surface area contributed by atoms with Gasteiger partial charge in [0.15, 0.2) is 35.7 Å². The van der Waals surface area contributed by atoms with E-state index in [1.807, 2.05) is 30.3 Å². The molecule has 7 nitrogen and oxygen atoms in total. The smallest absolute Gasteiger partial charge is 0.231 e. The molecule has 0 bridgehead atoms. The fourth-order valence-electron chi connectivity index (χ4n) is 4.95. The highest BCUT2D eigenvalue weighted by Gasteiger charge is 2.28. The van der Waals surface area contributed by atoms with E-state index >= 15 is 0 Å². The van der Waals surface area contributed by atoms with Gasteiger partial charge < -0.3 is 45.4 Å². The van der Waals surface area contributed by atoms with Crippen LogP contribution in [-0.4, -0.2) is 34.2 Å². The second kappa shape index (κ2) is 11.4. The number of methoxy groups -OCH3 is 2. The topological polar surface area (TPSA) is 59.3 Å². The first-order valence-electron chi connectivity index (χ1n) is 12.6. The van der Waals surface area contributed by atoms with Crippen LogP contribution in [0.1, 0.15) is 18.4 Å². The van der Waals surface area contributed by atoms with E-state index < -0.39 is 0 Å². The molecule has 0 saturated heterocycles. The van der Waals surface area contributed by atoms with Crippen molar-refractivity contribution in [2.45, 2.75) is 25.8 Å². The van der Waals surface area contributed by atoms with Gasteiger partial charge in [-0.05, 0) is 72.3 Å². The van der Waals surface area contributed by atoms with Gasteiger partial charge in [0.05, 0.1) is 38.4 Å². The third-order valence-corrected chi connectivity index (χ3v) is 6.91. The Bertz CT molecular complexity index is 1440. The Hall–Kier alpha value is -3.65. The van der Waals surface area contributed by atoms with Crippen LogP contribution in [0.25, 0.3) is 22.0 Å². The standard InChI is InChI=1S/C30H30NO6.BrH/c1-32-22-6-8-23(9-7-22)34-13-3-4-14-35-30-25-18-31-12-11-21-16-28-29(37-19-36-28)17-24(21)26(31)15-20(25)5-10-27(30)33-2;/h5-10,15-18H,3-4,11-14,19H2,1-2H3;1H/q+1;/p-1. The van der Waals surface area contributed by atoms with Gasteiger partial charge in [-0.1, -0.05) is 0 Å². The van der Waals surface area contributed by atoms with Gasteiger partial charge in [-0.2, -0.15) is 4.57 Å². The van der Waals surface area contributed by atoms with Crippen LogP contribution in [0, 0.1) is 0 Å². The lowest BCUT2D eigenvalue weighted by Gasteiger charge is -2.18. The molecule has 0 fully saturated rings. The third kappa shape index (κ3) is 5.05. The second-order valence-corrected chi connectivity index (χ2v) is 9.14. The van der Waals surface area contributed by atoms with Crippen LogP contribution in [0.3, 0.4) is 0 Å². The normalized spacial score (nSPS) is 12.8. The van der Waals surface area contributed by atoms with E-state index in [0.717, 1.165) is 71.1 Å². The summed E-state index contributed by atoms with van der Waals surface area (Å²) in [7, 11) is 3.34. The monoisotopic (exact) mass is 579 g/mol. The maximum Gasteiger partial charge on any atom is 0.231 e. The molecule has 6 rings (SSSR count). The fraction of sp³-hybridized carbons (Fsp3) is 0.300.